The summed E-state index contributed by atoms with van der Waals surface area (Å²) in [6.07, 6.45) is 1.23. The summed E-state index contributed by atoms with van der Waals surface area (Å²) in [5.74, 6) is 1.49. The van der Waals surface area contributed by atoms with Crippen LogP contribution >= 0.6 is 11.8 Å². The van der Waals surface area contributed by atoms with Crippen molar-refractivity contribution in [1.82, 2.24) is 9.97 Å². The van der Waals surface area contributed by atoms with Gasteiger partial charge in [-0.2, -0.15) is 0 Å². The fourth-order valence-corrected chi connectivity index (χ4v) is 2.60. The maximum Gasteiger partial charge on any atom is 0.305 e. The number of aromatic nitrogens is 2. The molecule has 0 unspecified atom stereocenters. The van der Waals surface area contributed by atoms with Crippen LogP contribution in [0.25, 0.3) is 11.0 Å². The number of nitrogens with one attached hydrogen (secondary N) is 1. The third-order valence-electron chi connectivity index (χ3n) is 2.74. The number of esters is 1. The SMILES string of the molecule is CCOC(=O)CCCSc1nc2cc(OC)ccc2[nH]1. The maximum absolute atomic E-state index is 11.2. The summed E-state index contributed by atoms with van der Waals surface area (Å²) in [6, 6.07) is 5.74. The van der Waals surface area contributed by atoms with Gasteiger partial charge in [-0.15, -0.1) is 0 Å². The molecule has 0 aliphatic carbocycles. The molecule has 2 aromatic rings. The number of nitrogens with zero attached hydrogens (tertiary/aromatic N) is 1. The van der Waals surface area contributed by atoms with Crippen molar-refractivity contribution >= 4 is 28.8 Å². The highest BCUT2D eigenvalue weighted by atomic mass is 32.2. The summed E-state index contributed by atoms with van der Waals surface area (Å²) in [7, 11) is 1.64. The first-order chi connectivity index (χ1) is 9.72. The first-order valence-electron chi connectivity index (χ1n) is 6.55. The zero-order valence-corrected chi connectivity index (χ0v) is 12.5. The minimum atomic E-state index is -0.137. The van der Waals surface area contributed by atoms with Crippen molar-refractivity contribution in [2.75, 3.05) is 19.5 Å². The van der Waals surface area contributed by atoms with E-state index in [0.29, 0.717) is 13.0 Å². The second-order valence-corrected chi connectivity index (χ2v) is 5.27. The first kappa shape index (κ1) is 14.7. The molecule has 1 N–H and O–H groups in total. The summed E-state index contributed by atoms with van der Waals surface area (Å²) in [5.41, 5.74) is 1.87. The van der Waals surface area contributed by atoms with E-state index >= 15 is 0 Å². The number of aromatic amines is 1. The minimum absolute atomic E-state index is 0.137. The van der Waals surface area contributed by atoms with E-state index in [-0.39, 0.29) is 5.97 Å². The third-order valence-corrected chi connectivity index (χ3v) is 3.70. The van der Waals surface area contributed by atoms with E-state index in [1.165, 1.54) is 0 Å². The predicted octanol–water partition coefficient (Wildman–Crippen LogP) is 3.01. The van der Waals surface area contributed by atoms with Gasteiger partial charge in [0.05, 0.1) is 24.8 Å². The molecule has 108 valence electrons. The van der Waals surface area contributed by atoms with E-state index in [2.05, 4.69) is 9.97 Å². The predicted molar refractivity (Wildman–Crippen MR) is 79.2 cm³/mol. The number of H-pyrrole nitrogens is 1. The van der Waals surface area contributed by atoms with Gasteiger partial charge in [0, 0.05) is 18.2 Å². The van der Waals surface area contributed by atoms with Crippen LogP contribution < -0.4 is 4.74 Å². The van der Waals surface area contributed by atoms with E-state index in [9.17, 15) is 4.79 Å². The molecule has 0 aliphatic heterocycles. The molecular formula is C14H18N2O3S. The number of carbonyl (C=O) groups is 1. The molecule has 1 heterocycles. The van der Waals surface area contributed by atoms with Gasteiger partial charge in [-0.05, 0) is 25.5 Å². The van der Waals surface area contributed by atoms with Crippen LogP contribution in [0.2, 0.25) is 0 Å². The summed E-state index contributed by atoms with van der Waals surface area (Å²) >= 11 is 1.60. The number of fused-ring (bicyclic) bond motifs is 1. The third kappa shape index (κ3) is 3.90. The zero-order valence-electron chi connectivity index (χ0n) is 11.6. The lowest BCUT2D eigenvalue weighted by molar-refractivity contribution is -0.143. The van der Waals surface area contributed by atoms with E-state index in [1.807, 2.05) is 25.1 Å². The Hall–Kier alpha value is -1.69. The minimum Gasteiger partial charge on any atom is -0.497 e. The second-order valence-electron chi connectivity index (χ2n) is 4.18. The number of rotatable bonds is 7. The number of thioether (sulfide) groups is 1. The van der Waals surface area contributed by atoms with Gasteiger partial charge in [-0.3, -0.25) is 4.79 Å². The molecule has 0 amide bonds. The quantitative estimate of drug-likeness (QED) is 0.483. The molecule has 0 fully saturated rings. The molecular weight excluding hydrogens is 276 g/mol. The lowest BCUT2D eigenvalue weighted by atomic mass is 10.3. The van der Waals surface area contributed by atoms with Crippen LogP contribution in [0.1, 0.15) is 19.8 Å². The van der Waals surface area contributed by atoms with Crippen molar-refractivity contribution in [2.24, 2.45) is 0 Å². The largest absolute Gasteiger partial charge is 0.497 e. The molecule has 1 aromatic carbocycles. The Morgan fingerprint density at radius 2 is 2.30 bits per heavy atom. The average molecular weight is 294 g/mol. The Morgan fingerprint density at radius 1 is 1.45 bits per heavy atom. The van der Waals surface area contributed by atoms with E-state index in [0.717, 1.165) is 34.1 Å². The number of benzene rings is 1. The smallest absolute Gasteiger partial charge is 0.305 e. The number of hydrogen-bond acceptors (Lipinski definition) is 5. The molecule has 2 rings (SSSR count). The van der Waals surface area contributed by atoms with Crippen LogP contribution in [0.4, 0.5) is 0 Å². The standard InChI is InChI=1S/C14H18N2O3S/c1-3-19-13(17)5-4-8-20-14-15-11-7-6-10(18-2)9-12(11)16-14/h6-7,9H,3-5,8H2,1-2H3,(H,15,16). The van der Waals surface area contributed by atoms with E-state index < -0.39 is 0 Å². The molecule has 5 nitrogen and oxygen atoms in total. The average Bonchev–Trinajstić information content (AvgIpc) is 2.85. The number of hydrogen-bond donors (Lipinski definition) is 1. The topological polar surface area (TPSA) is 64.2 Å². The lowest BCUT2D eigenvalue weighted by Gasteiger charge is -2.00. The normalized spacial score (nSPS) is 10.7. The van der Waals surface area contributed by atoms with Crippen LogP contribution in [-0.4, -0.2) is 35.4 Å². The first-order valence-corrected chi connectivity index (χ1v) is 7.53. The Labute approximate surface area is 122 Å². The van der Waals surface area contributed by atoms with Crippen LogP contribution in [0, 0.1) is 0 Å². The van der Waals surface area contributed by atoms with Gasteiger partial charge in [0.2, 0.25) is 0 Å². The van der Waals surface area contributed by atoms with Crippen LogP contribution in [0.3, 0.4) is 0 Å². The molecule has 0 saturated heterocycles. The highest BCUT2D eigenvalue weighted by Gasteiger charge is 2.06. The summed E-state index contributed by atoms with van der Waals surface area (Å²) in [4.78, 5) is 18.9. The Kier molecular flexibility index (Phi) is 5.29. The molecule has 1 aromatic heterocycles. The molecule has 20 heavy (non-hydrogen) atoms. The molecule has 0 radical (unpaired) electrons. The van der Waals surface area contributed by atoms with Gasteiger partial charge in [0.25, 0.3) is 0 Å². The van der Waals surface area contributed by atoms with Crippen molar-refractivity contribution in [1.29, 1.82) is 0 Å². The monoisotopic (exact) mass is 294 g/mol. The van der Waals surface area contributed by atoms with Crippen molar-refractivity contribution in [3.8, 4) is 5.75 Å². The second kappa shape index (κ2) is 7.19. The highest BCUT2D eigenvalue weighted by molar-refractivity contribution is 7.99. The van der Waals surface area contributed by atoms with Crippen LogP contribution in [0.15, 0.2) is 23.4 Å². The Morgan fingerprint density at radius 3 is 3.05 bits per heavy atom. The van der Waals surface area contributed by atoms with Crippen molar-refractivity contribution in [2.45, 2.75) is 24.9 Å². The van der Waals surface area contributed by atoms with Crippen LogP contribution in [0.5, 0.6) is 5.75 Å². The lowest BCUT2D eigenvalue weighted by Crippen LogP contribution is -2.03. The Bertz CT molecular complexity index is 583. The van der Waals surface area contributed by atoms with Gasteiger partial charge in [0.15, 0.2) is 5.16 Å². The zero-order chi connectivity index (χ0) is 14.4. The molecule has 0 bridgehead atoms. The fraction of sp³-hybridized carbons (Fsp3) is 0.429. The molecule has 6 heteroatoms. The van der Waals surface area contributed by atoms with Gasteiger partial charge in [-0.1, -0.05) is 11.8 Å². The number of methoxy groups -OCH3 is 1. The molecule has 0 atom stereocenters. The maximum atomic E-state index is 11.2. The van der Waals surface area contributed by atoms with Crippen molar-refractivity contribution in [3.05, 3.63) is 18.2 Å². The van der Waals surface area contributed by atoms with Crippen LogP contribution in [-0.2, 0) is 9.53 Å². The number of ether oxygens (including phenoxy) is 2. The van der Waals surface area contributed by atoms with E-state index in [1.54, 1.807) is 18.9 Å². The molecule has 0 aliphatic rings. The summed E-state index contributed by atoms with van der Waals surface area (Å²) in [5, 5.41) is 0.858. The summed E-state index contributed by atoms with van der Waals surface area (Å²) < 4.78 is 10.0. The highest BCUT2D eigenvalue weighted by Crippen LogP contribution is 2.23. The van der Waals surface area contributed by atoms with Crippen molar-refractivity contribution < 1.29 is 14.3 Å². The summed E-state index contributed by atoms with van der Waals surface area (Å²) in [6.45, 7) is 2.26. The van der Waals surface area contributed by atoms with Gasteiger partial charge in [-0.25, -0.2) is 4.98 Å². The van der Waals surface area contributed by atoms with Gasteiger partial charge >= 0.3 is 5.97 Å². The molecule has 0 saturated carbocycles. The Balaban J connectivity index is 1.86. The van der Waals surface area contributed by atoms with E-state index in [4.69, 9.17) is 9.47 Å². The van der Waals surface area contributed by atoms with Crippen molar-refractivity contribution in [3.63, 3.8) is 0 Å². The van der Waals surface area contributed by atoms with Gasteiger partial charge < -0.3 is 14.5 Å². The fourth-order valence-electron chi connectivity index (χ4n) is 1.78. The van der Waals surface area contributed by atoms with Gasteiger partial charge in [0.1, 0.15) is 5.75 Å². The molecule has 0 spiro atoms. The number of carbonyl (C=O) groups excluding carboxylic acids is 1. The number of imidazole rings is 1.